The summed E-state index contributed by atoms with van der Waals surface area (Å²) in [5, 5.41) is 0. The first-order valence-electron chi connectivity index (χ1n) is 3.63. The summed E-state index contributed by atoms with van der Waals surface area (Å²) in [6.45, 7) is 6.50. The standard InChI is InChI=1S/C6H11.C3H5.BrH.Mg/c1-2-4-6-5-3-1;1-3-2;;/h1H,2-6H2;3H,1-2H2;1H;/q2*-1;;+2. The van der Waals surface area contributed by atoms with E-state index in [9.17, 15) is 0 Å². The molecule has 0 radical (unpaired) electrons. The summed E-state index contributed by atoms with van der Waals surface area (Å²) in [5.74, 6) is 0. The molecule has 0 nitrogen and oxygen atoms in total. The Morgan fingerprint density at radius 2 is 1.55 bits per heavy atom. The van der Waals surface area contributed by atoms with E-state index in [0.717, 1.165) is 0 Å². The maximum atomic E-state index is 3.25. The van der Waals surface area contributed by atoms with Crippen molar-refractivity contribution in [2.75, 3.05) is 0 Å². The van der Waals surface area contributed by atoms with Crippen molar-refractivity contribution < 1.29 is 0 Å². The molecule has 0 bridgehead atoms. The first kappa shape index (κ1) is 17.8. The monoisotopic (exact) mass is 228 g/mol. The Labute approximate surface area is 97.8 Å². The van der Waals surface area contributed by atoms with Gasteiger partial charge in [-0.25, -0.2) is 19.6 Å². The third kappa shape index (κ3) is 18.1. The molecule has 62 valence electrons. The zero-order valence-corrected chi connectivity index (χ0v) is 10.3. The van der Waals surface area contributed by atoms with E-state index in [-0.39, 0.29) is 40.0 Å². The molecule has 0 atom stereocenters. The Bertz CT molecular complexity index is 49.1. The zero-order chi connectivity index (χ0) is 6.95. The zero-order valence-electron chi connectivity index (χ0n) is 7.22. The third-order valence-corrected chi connectivity index (χ3v) is 1.32. The van der Waals surface area contributed by atoms with Crippen molar-refractivity contribution >= 4 is 40.0 Å². The molecule has 0 N–H and O–H groups in total. The van der Waals surface area contributed by atoms with Crippen LogP contribution in [0.5, 0.6) is 0 Å². The van der Waals surface area contributed by atoms with Crippen molar-refractivity contribution in [3.8, 4) is 0 Å². The molecule has 1 rings (SSSR count). The summed E-state index contributed by atoms with van der Waals surface area (Å²) in [4.78, 5) is 0. The van der Waals surface area contributed by atoms with E-state index in [1.54, 1.807) is 0 Å². The summed E-state index contributed by atoms with van der Waals surface area (Å²) in [7, 11) is 0. The van der Waals surface area contributed by atoms with Gasteiger partial charge in [-0.15, -0.1) is 17.0 Å². The van der Waals surface area contributed by atoms with Gasteiger partial charge in [-0.3, -0.25) is 0 Å². The van der Waals surface area contributed by atoms with Crippen LogP contribution in [-0.2, 0) is 0 Å². The largest absolute Gasteiger partial charge is 2.00 e. The van der Waals surface area contributed by atoms with Crippen LogP contribution >= 0.6 is 17.0 Å². The fourth-order valence-electron chi connectivity index (χ4n) is 0.898. The normalized spacial score (nSPS) is 14.2. The second-order valence-electron chi connectivity index (χ2n) is 2.22. The minimum Gasteiger partial charge on any atom is -0.328 e. The van der Waals surface area contributed by atoms with E-state index in [1.165, 1.54) is 38.2 Å². The molecule has 0 saturated heterocycles. The van der Waals surface area contributed by atoms with Gasteiger partial charge in [0.2, 0.25) is 0 Å². The second kappa shape index (κ2) is 17.1. The number of hydrogen-bond donors (Lipinski definition) is 0. The number of hydrogen-bond acceptors (Lipinski definition) is 0. The van der Waals surface area contributed by atoms with Crippen LogP contribution in [-0.4, -0.2) is 23.1 Å². The molecule has 1 saturated carbocycles. The van der Waals surface area contributed by atoms with Crippen molar-refractivity contribution in [3.05, 3.63) is 26.0 Å². The Hall–Kier alpha value is 0.856. The SMILES string of the molecule is Br.C=C[CH2-].[CH-]1CCCCC1.[Mg+2]. The predicted octanol–water partition coefficient (Wildman–Crippen LogP) is 3.36. The Morgan fingerprint density at radius 3 is 1.64 bits per heavy atom. The third-order valence-electron chi connectivity index (χ3n) is 1.32. The van der Waals surface area contributed by atoms with Crippen molar-refractivity contribution in [1.82, 2.24) is 0 Å². The van der Waals surface area contributed by atoms with Gasteiger partial charge < -0.3 is 6.42 Å². The molecule has 11 heavy (non-hydrogen) atoms. The minimum atomic E-state index is 0. The molecular formula is C9H17BrMg. The summed E-state index contributed by atoms with van der Waals surface area (Å²) >= 11 is 0. The summed E-state index contributed by atoms with van der Waals surface area (Å²) in [5.41, 5.74) is 0. The van der Waals surface area contributed by atoms with Crippen molar-refractivity contribution in [2.24, 2.45) is 0 Å². The van der Waals surface area contributed by atoms with Crippen LogP contribution in [0.15, 0.2) is 12.7 Å². The van der Waals surface area contributed by atoms with Gasteiger partial charge in [-0.2, -0.15) is 12.8 Å². The van der Waals surface area contributed by atoms with Gasteiger partial charge in [-0.1, -0.05) is 19.3 Å². The van der Waals surface area contributed by atoms with Crippen LogP contribution in [0.3, 0.4) is 0 Å². The molecule has 0 aromatic rings. The Kier molecular flexibility index (Phi) is 27.7. The van der Waals surface area contributed by atoms with E-state index < -0.39 is 0 Å². The molecular weight excluding hydrogens is 212 g/mol. The Morgan fingerprint density at radius 1 is 1.18 bits per heavy atom. The van der Waals surface area contributed by atoms with Gasteiger partial charge in [0.1, 0.15) is 0 Å². The first-order valence-corrected chi connectivity index (χ1v) is 3.63. The first-order chi connectivity index (χ1) is 4.41. The average molecular weight is 229 g/mol. The fourth-order valence-corrected chi connectivity index (χ4v) is 0.898. The number of rotatable bonds is 0. The number of halogens is 1. The van der Waals surface area contributed by atoms with Crippen LogP contribution < -0.4 is 0 Å². The van der Waals surface area contributed by atoms with E-state index in [4.69, 9.17) is 0 Å². The van der Waals surface area contributed by atoms with Crippen molar-refractivity contribution in [1.29, 1.82) is 0 Å². The maximum Gasteiger partial charge on any atom is 2.00 e. The summed E-state index contributed by atoms with van der Waals surface area (Å²) < 4.78 is 0. The molecule has 2 heteroatoms. The van der Waals surface area contributed by atoms with Crippen LogP contribution in [0.1, 0.15) is 32.1 Å². The van der Waals surface area contributed by atoms with E-state index in [1.807, 2.05) is 0 Å². The van der Waals surface area contributed by atoms with Gasteiger partial charge in [0.15, 0.2) is 0 Å². The van der Waals surface area contributed by atoms with Crippen molar-refractivity contribution in [2.45, 2.75) is 32.1 Å². The molecule has 1 aliphatic rings. The Balaban J connectivity index is -0.000000116. The molecule has 0 aromatic heterocycles. The molecule has 0 heterocycles. The van der Waals surface area contributed by atoms with Gasteiger partial charge in [0.25, 0.3) is 0 Å². The molecule has 1 fully saturated rings. The van der Waals surface area contributed by atoms with Crippen molar-refractivity contribution in [3.63, 3.8) is 0 Å². The quantitative estimate of drug-likeness (QED) is 0.441. The topological polar surface area (TPSA) is 0 Å². The predicted molar refractivity (Wildman–Crippen MR) is 59.0 cm³/mol. The summed E-state index contributed by atoms with van der Waals surface area (Å²) in [6, 6.07) is 0. The molecule has 0 unspecified atom stereocenters. The molecule has 0 aliphatic heterocycles. The van der Waals surface area contributed by atoms with E-state index in [0.29, 0.717) is 0 Å². The smallest absolute Gasteiger partial charge is 0.328 e. The fraction of sp³-hybridized carbons (Fsp3) is 0.556. The van der Waals surface area contributed by atoms with Gasteiger partial charge >= 0.3 is 23.1 Å². The second-order valence-corrected chi connectivity index (χ2v) is 2.22. The maximum absolute atomic E-state index is 3.25. The van der Waals surface area contributed by atoms with E-state index in [2.05, 4.69) is 19.9 Å². The van der Waals surface area contributed by atoms with E-state index >= 15 is 0 Å². The number of allylic oxidation sites excluding steroid dienone is 1. The summed E-state index contributed by atoms with van der Waals surface area (Å²) in [6.07, 6.45) is 11.0. The molecule has 1 aliphatic carbocycles. The average Bonchev–Trinajstić information content (AvgIpc) is 1.93. The van der Waals surface area contributed by atoms with Gasteiger partial charge in [0, 0.05) is 0 Å². The van der Waals surface area contributed by atoms with Gasteiger partial charge in [0.05, 0.1) is 0 Å². The van der Waals surface area contributed by atoms with Crippen LogP contribution in [0.4, 0.5) is 0 Å². The molecule has 0 aromatic carbocycles. The molecule has 0 amide bonds. The minimum absolute atomic E-state index is 0. The van der Waals surface area contributed by atoms with Gasteiger partial charge in [-0.05, 0) is 0 Å². The van der Waals surface area contributed by atoms with Crippen LogP contribution in [0.2, 0.25) is 0 Å². The van der Waals surface area contributed by atoms with Crippen LogP contribution in [0, 0.1) is 13.3 Å². The van der Waals surface area contributed by atoms with Crippen LogP contribution in [0.25, 0.3) is 0 Å². The molecule has 0 spiro atoms.